The van der Waals surface area contributed by atoms with Gasteiger partial charge in [-0.2, -0.15) is 13.2 Å². The summed E-state index contributed by atoms with van der Waals surface area (Å²) in [6.45, 7) is 1.54. The molecule has 2 saturated carbocycles. The van der Waals surface area contributed by atoms with Crippen molar-refractivity contribution in [3.05, 3.63) is 63.7 Å². The zero-order chi connectivity index (χ0) is 31.8. The first kappa shape index (κ1) is 30.3. The first-order chi connectivity index (χ1) is 20.0. The van der Waals surface area contributed by atoms with Crippen LogP contribution in [0.4, 0.5) is 23.7 Å². The Labute approximate surface area is 245 Å². The molecular formula is C28H24ClF3N2O9. The first-order valence-corrected chi connectivity index (χ1v) is 13.3. The Hall–Kier alpha value is -4.14. The van der Waals surface area contributed by atoms with E-state index in [1.54, 1.807) is 0 Å². The van der Waals surface area contributed by atoms with Crippen LogP contribution >= 0.6 is 11.6 Å². The number of phenolic OH excluding ortho intramolecular Hbond substituents is 1. The molecule has 5 rings (SSSR count). The summed E-state index contributed by atoms with van der Waals surface area (Å²) in [4.78, 5) is 52.5. The third-order valence-corrected chi connectivity index (χ3v) is 8.65. The van der Waals surface area contributed by atoms with E-state index >= 15 is 0 Å². The molecule has 3 aliphatic rings. The summed E-state index contributed by atoms with van der Waals surface area (Å²) in [5, 5.41) is 45.7. The quantitative estimate of drug-likeness (QED) is 0.278. The number of carbonyl (C=O) groups excluding carboxylic acids is 4. The molecule has 0 aromatic heterocycles. The number of hydrogen-bond acceptors (Lipinski definition) is 9. The molecule has 7 atom stereocenters. The molecule has 0 saturated heterocycles. The Kier molecular flexibility index (Phi) is 7.22. The lowest BCUT2D eigenvalue weighted by molar-refractivity contribution is -0.186. The molecule has 2 aromatic carbocycles. The fraction of sp³-hybridized carbons (Fsp3) is 0.357. The Morgan fingerprint density at radius 1 is 1.16 bits per heavy atom. The van der Waals surface area contributed by atoms with Gasteiger partial charge >= 0.3 is 12.3 Å². The number of aliphatic hydroxyl groups is 3. The summed E-state index contributed by atoms with van der Waals surface area (Å²) in [5.74, 6) is -11.5. The molecule has 0 bridgehead atoms. The topological polar surface area (TPSA) is 196 Å². The second kappa shape index (κ2) is 10.2. The number of fused-ring (bicyclic) bond motifs is 3. The average Bonchev–Trinajstić information content (AvgIpc) is 2.90. The predicted molar refractivity (Wildman–Crippen MR) is 142 cm³/mol. The minimum Gasteiger partial charge on any atom is -0.507 e. The van der Waals surface area contributed by atoms with Crippen molar-refractivity contribution in [2.24, 2.45) is 23.5 Å². The van der Waals surface area contributed by atoms with Gasteiger partial charge in [-0.05, 0) is 42.2 Å². The van der Waals surface area contributed by atoms with Crippen LogP contribution in [-0.4, -0.2) is 61.8 Å². The van der Waals surface area contributed by atoms with Crippen molar-refractivity contribution in [3.8, 4) is 5.75 Å². The predicted octanol–water partition coefficient (Wildman–Crippen LogP) is 3.05. The lowest BCUT2D eigenvalue weighted by atomic mass is 9.53. The standard InChI is InChI=1S/C28H24ClF3N2O9/c1-9-11-3-2-4-15(35)18(11)21(37)20-17(9)22(13-8-16(36)19(25(33)40)23(38)27(13,42)24(20)39)43-26(41)34-14-6-5-10(29)7-12(14)28(30,31)32/h2-7,9,13,16-17,19,22,35-37,42H,8H2,1H3,(H2,33,40)(H,34,41)/t9-,13+,16?,17+,19?,22+,27+/m0/s1. The Bertz CT molecular complexity index is 1610. The monoisotopic (exact) mass is 624 g/mol. The van der Waals surface area contributed by atoms with Gasteiger partial charge in [-0.15, -0.1) is 0 Å². The number of Topliss-reactive ketones (excluding diaryl/α,β-unsaturated/α-hetero) is 2. The molecule has 2 fully saturated rings. The number of ketones is 2. The van der Waals surface area contributed by atoms with E-state index in [0.29, 0.717) is 6.07 Å². The van der Waals surface area contributed by atoms with Crippen LogP contribution in [-0.2, 0) is 25.3 Å². The van der Waals surface area contributed by atoms with Crippen molar-refractivity contribution in [1.82, 2.24) is 0 Å². The van der Waals surface area contributed by atoms with Gasteiger partial charge in [-0.1, -0.05) is 30.7 Å². The van der Waals surface area contributed by atoms with Crippen LogP contribution in [0.5, 0.6) is 5.75 Å². The third kappa shape index (κ3) is 4.60. The number of benzene rings is 2. The maximum atomic E-state index is 13.9. The molecule has 2 amide bonds. The van der Waals surface area contributed by atoms with E-state index in [9.17, 15) is 52.8 Å². The Morgan fingerprint density at radius 2 is 1.84 bits per heavy atom. The second-order valence-corrected chi connectivity index (χ2v) is 11.2. The number of alkyl halides is 3. The molecule has 2 unspecified atom stereocenters. The van der Waals surface area contributed by atoms with Gasteiger partial charge in [-0.3, -0.25) is 19.7 Å². The third-order valence-electron chi connectivity index (χ3n) is 8.42. The second-order valence-electron chi connectivity index (χ2n) is 10.8. The number of ether oxygens (including phenoxy) is 1. The summed E-state index contributed by atoms with van der Waals surface area (Å²) in [6, 6.07) is 6.68. The molecule has 15 heteroatoms. The summed E-state index contributed by atoms with van der Waals surface area (Å²) in [6.07, 6.45) is -10.7. The minimum absolute atomic E-state index is 0.189. The SMILES string of the molecule is C[C@H]1c2cccc(O)c2C(O)=C2C(=O)[C@]3(O)C(=O)C(C(N)=O)C(O)C[C@@H]3[C@@H](OC(=O)Nc3ccc(Cl)cc3C(F)(F)F)[C@@H]21. The zero-order valence-electron chi connectivity index (χ0n) is 22.1. The van der Waals surface area contributed by atoms with Crippen molar-refractivity contribution in [2.75, 3.05) is 5.32 Å². The van der Waals surface area contributed by atoms with Crippen LogP contribution < -0.4 is 11.1 Å². The van der Waals surface area contributed by atoms with E-state index in [1.807, 2.05) is 5.32 Å². The first-order valence-electron chi connectivity index (χ1n) is 12.9. The van der Waals surface area contributed by atoms with Gasteiger partial charge in [0.25, 0.3) is 0 Å². The summed E-state index contributed by atoms with van der Waals surface area (Å²) in [5.41, 5.74) is -0.463. The number of aliphatic hydroxyl groups excluding tert-OH is 2. The number of rotatable bonds is 3. The van der Waals surface area contributed by atoms with Gasteiger partial charge in [0.1, 0.15) is 23.5 Å². The highest BCUT2D eigenvalue weighted by atomic mass is 35.5. The number of nitrogens with one attached hydrogen (secondary N) is 1. The molecule has 0 spiro atoms. The normalized spacial score (nSPS) is 30.2. The number of primary amides is 1. The minimum atomic E-state index is -4.94. The maximum Gasteiger partial charge on any atom is 0.418 e. The fourth-order valence-corrected chi connectivity index (χ4v) is 6.68. The van der Waals surface area contributed by atoms with Crippen LogP contribution in [0.1, 0.15) is 36.0 Å². The van der Waals surface area contributed by atoms with E-state index in [0.717, 1.165) is 12.1 Å². The number of anilines is 1. The number of aromatic hydroxyl groups is 1. The number of halogens is 4. The smallest absolute Gasteiger partial charge is 0.418 e. The van der Waals surface area contributed by atoms with E-state index in [4.69, 9.17) is 22.1 Å². The van der Waals surface area contributed by atoms with Gasteiger partial charge in [-0.25, -0.2) is 4.79 Å². The summed E-state index contributed by atoms with van der Waals surface area (Å²) < 4.78 is 46.5. The molecule has 7 N–H and O–H groups in total. The van der Waals surface area contributed by atoms with Crippen LogP contribution in [0.15, 0.2) is 42.0 Å². The highest BCUT2D eigenvalue weighted by molar-refractivity contribution is 6.30. The zero-order valence-corrected chi connectivity index (χ0v) is 22.8. The van der Waals surface area contributed by atoms with Crippen LogP contribution in [0, 0.1) is 17.8 Å². The number of amides is 2. The van der Waals surface area contributed by atoms with E-state index in [-0.39, 0.29) is 16.1 Å². The molecular weight excluding hydrogens is 601 g/mol. The molecule has 2 aromatic rings. The number of phenols is 1. The lowest BCUT2D eigenvalue weighted by Crippen LogP contribution is -2.71. The molecule has 43 heavy (non-hydrogen) atoms. The molecule has 0 radical (unpaired) electrons. The molecule has 11 nitrogen and oxygen atoms in total. The van der Waals surface area contributed by atoms with Gasteiger partial charge in [0.05, 0.1) is 22.9 Å². The van der Waals surface area contributed by atoms with Crippen molar-refractivity contribution in [3.63, 3.8) is 0 Å². The summed E-state index contributed by atoms with van der Waals surface area (Å²) >= 11 is 5.70. The van der Waals surface area contributed by atoms with Crippen LogP contribution in [0.3, 0.4) is 0 Å². The van der Waals surface area contributed by atoms with Crippen LogP contribution in [0.2, 0.25) is 5.02 Å². The van der Waals surface area contributed by atoms with Gasteiger partial charge in [0.2, 0.25) is 11.7 Å². The van der Waals surface area contributed by atoms with Crippen LogP contribution in [0.25, 0.3) is 5.76 Å². The molecule has 228 valence electrons. The summed E-state index contributed by atoms with van der Waals surface area (Å²) in [7, 11) is 0. The number of nitrogens with two attached hydrogens (primary N) is 1. The molecule has 3 aliphatic carbocycles. The van der Waals surface area contributed by atoms with Gasteiger partial charge in [0, 0.05) is 22.4 Å². The Morgan fingerprint density at radius 3 is 2.47 bits per heavy atom. The van der Waals surface area contributed by atoms with Crippen molar-refractivity contribution < 1.29 is 57.5 Å². The largest absolute Gasteiger partial charge is 0.507 e. The van der Waals surface area contributed by atoms with Gasteiger partial charge in [0.15, 0.2) is 11.4 Å². The molecule has 0 heterocycles. The van der Waals surface area contributed by atoms with Crippen molar-refractivity contribution >= 4 is 46.6 Å². The van der Waals surface area contributed by atoms with Crippen molar-refractivity contribution in [1.29, 1.82) is 0 Å². The van der Waals surface area contributed by atoms with E-state index in [2.05, 4.69) is 0 Å². The number of carbonyl (C=O) groups is 4. The lowest BCUT2D eigenvalue weighted by Gasteiger charge is -2.53. The Balaban J connectivity index is 1.64. The fourth-order valence-electron chi connectivity index (χ4n) is 6.50. The van der Waals surface area contributed by atoms with E-state index in [1.165, 1.54) is 25.1 Å². The average molecular weight is 625 g/mol. The highest BCUT2D eigenvalue weighted by Gasteiger charge is 2.69. The van der Waals surface area contributed by atoms with Crippen molar-refractivity contribution in [2.45, 2.75) is 43.2 Å². The maximum absolute atomic E-state index is 13.9. The number of hydrogen-bond donors (Lipinski definition) is 6. The van der Waals surface area contributed by atoms with Gasteiger partial charge < -0.3 is 30.9 Å². The molecule has 0 aliphatic heterocycles. The highest BCUT2D eigenvalue weighted by Crippen LogP contribution is 2.56. The van der Waals surface area contributed by atoms with E-state index < -0.39 is 106 Å².